The molecular formula is C13H8F4N4. The number of H-pyrrole nitrogens is 1. The first-order chi connectivity index (χ1) is 9.86. The van der Waals surface area contributed by atoms with E-state index in [0.29, 0.717) is 16.6 Å². The number of nitrogens with zero attached hydrogens (tertiary/aromatic N) is 3. The largest absolute Gasteiger partial charge is 0.434 e. The van der Waals surface area contributed by atoms with Crippen molar-refractivity contribution < 1.29 is 17.6 Å². The van der Waals surface area contributed by atoms with Crippen LogP contribution in [-0.4, -0.2) is 19.9 Å². The molecule has 1 aromatic carbocycles. The summed E-state index contributed by atoms with van der Waals surface area (Å²) in [4.78, 5) is 13.6. The van der Waals surface area contributed by atoms with Crippen molar-refractivity contribution in [2.45, 2.75) is 13.1 Å². The van der Waals surface area contributed by atoms with Crippen molar-refractivity contribution in [3.8, 4) is 11.4 Å². The van der Waals surface area contributed by atoms with E-state index in [1.807, 2.05) is 0 Å². The summed E-state index contributed by atoms with van der Waals surface area (Å²) < 4.78 is 52.1. The molecule has 0 spiro atoms. The highest BCUT2D eigenvalue weighted by Crippen LogP contribution is 2.34. The Morgan fingerprint density at radius 1 is 1.19 bits per heavy atom. The Morgan fingerprint density at radius 3 is 2.67 bits per heavy atom. The number of hydrogen-bond donors (Lipinski definition) is 1. The normalized spacial score (nSPS) is 12.0. The molecule has 0 fully saturated rings. The van der Waals surface area contributed by atoms with Gasteiger partial charge in [-0.2, -0.15) is 13.2 Å². The van der Waals surface area contributed by atoms with Crippen molar-refractivity contribution >= 4 is 11.0 Å². The SMILES string of the molecule is Cc1cc(F)cc2[nH]c(-c3cncnc3C(F)(F)F)nc12. The van der Waals surface area contributed by atoms with Crippen LogP contribution in [0.5, 0.6) is 0 Å². The standard InChI is InChI=1S/C13H8F4N4/c1-6-2-7(14)3-9-10(6)21-12(20-9)8-4-18-5-19-11(8)13(15,16)17/h2-5H,1H3,(H,20,21). The number of fused-ring (bicyclic) bond motifs is 1. The summed E-state index contributed by atoms with van der Waals surface area (Å²) in [5, 5.41) is 0. The molecule has 0 amide bonds. The Labute approximate surface area is 115 Å². The predicted octanol–water partition coefficient (Wildman–Crippen LogP) is 3.49. The molecule has 3 aromatic rings. The van der Waals surface area contributed by atoms with Gasteiger partial charge in [0.25, 0.3) is 0 Å². The Morgan fingerprint density at radius 2 is 1.95 bits per heavy atom. The van der Waals surface area contributed by atoms with Crippen molar-refractivity contribution in [1.29, 1.82) is 0 Å². The lowest BCUT2D eigenvalue weighted by atomic mass is 10.2. The maximum Gasteiger partial charge on any atom is 0.434 e. The third-order valence-corrected chi connectivity index (χ3v) is 2.98. The van der Waals surface area contributed by atoms with E-state index >= 15 is 0 Å². The number of alkyl halides is 3. The lowest BCUT2D eigenvalue weighted by Crippen LogP contribution is -2.10. The quantitative estimate of drug-likeness (QED) is 0.699. The van der Waals surface area contributed by atoms with Gasteiger partial charge < -0.3 is 4.98 Å². The molecule has 0 aliphatic heterocycles. The maximum atomic E-state index is 13.3. The molecular weight excluding hydrogens is 288 g/mol. The van der Waals surface area contributed by atoms with Crippen LogP contribution in [0.15, 0.2) is 24.7 Å². The second-order valence-electron chi connectivity index (χ2n) is 4.49. The van der Waals surface area contributed by atoms with Crippen LogP contribution in [0.1, 0.15) is 11.3 Å². The summed E-state index contributed by atoms with van der Waals surface area (Å²) in [6, 6.07) is 2.44. The van der Waals surface area contributed by atoms with E-state index in [0.717, 1.165) is 12.5 Å². The molecule has 0 aliphatic carbocycles. The van der Waals surface area contributed by atoms with Crippen LogP contribution in [0.2, 0.25) is 0 Å². The lowest BCUT2D eigenvalue weighted by molar-refractivity contribution is -0.140. The molecule has 0 atom stereocenters. The number of aryl methyl sites for hydroxylation is 1. The fourth-order valence-corrected chi connectivity index (χ4v) is 2.10. The third-order valence-electron chi connectivity index (χ3n) is 2.98. The van der Waals surface area contributed by atoms with E-state index in [1.54, 1.807) is 6.92 Å². The minimum Gasteiger partial charge on any atom is -0.338 e. The first-order valence-electron chi connectivity index (χ1n) is 5.89. The molecule has 108 valence electrons. The first kappa shape index (κ1) is 13.5. The van der Waals surface area contributed by atoms with Gasteiger partial charge in [-0.25, -0.2) is 19.3 Å². The average molecular weight is 296 g/mol. The van der Waals surface area contributed by atoms with Crippen LogP contribution in [0.3, 0.4) is 0 Å². The van der Waals surface area contributed by atoms with Gasteiger partial charge in [-0.3, -0.25) is 0 Å². The molecule has 0 bridgehead atoms. The van der Waals surface area contributed by atoms with Crippen molar-refractivity contribution in [2.75, 3.05) is 0 Å². The zero-order chi connectivity index (χ0) is 15.2. The molecule has 0 aliphatic rings. The zero-order valence-corrected chi connectivity index (χ0v) is 10.7. The fourth-order valence-electron chi connectivity index (χ4n) is 2.10. The molecule has 0 radical (unpaired) electrons. The molecule has 2 aromatic heterocycles. The third kappa shape index (κ3) is 2.32. The molecule has 4 nitrogen and oxygen atoms in total. The van der Waals surface area contributed by atoms with Crippen molar-refractivity contribution in [3.63, 3.8) is 0 Å². The Kier molecular flexibility index (Phi) is 2.89. The number of nitrogens with one attached hydrogen (secondary N) is 1. The van der Waals surface area contributed by atoms with Gasteiger partial charge in [0.2, 0.25) is 0 Å². The second kappa shape index (κ2) is 4.51. The predicted molar refractivity (Wildman–Crippen MR) is 66.8 cm³/mol. The fraction of sp³-hybridized carbons (Fsp3) is 0.154. The van der Waals surface area contributed by atoms with Gasteiger partial charge >= 0.3 is 6.18 Å². The highest BCUT2D eigenvalue weighted by molar-refractivity contribution is 5.82. The molecule has 3 rings (SSSR count). The van der Waals surface area contributed by atoms with Crippen LogP contribution in [0.4, 0.5) is 17.6 Å². The van der Waals surface area contributed by atoms with Gasteiger partial charge in [-0.15, -0.1) is 0 Å². The summed E-state index contributed by atoms with van der Waals surface area (Å²) >= 11 is 0. The van der Waals surface area contributed by atoms with Crippen molar-refractivity contribution in [2.24, 2.45) is 0 Å². The number of aromatic amines is 1. The van der Waals surface area contributed by atoms with Gasteiger partial charge in [-0.1, -0.05) is 0 Å². The molecule has 21 heavy (non-hydrogen) atoms. The van der Waals surface area contributed by atoms with Crippen LogP contribution in [0, 0.1) is 12.7 Å². The molecule has 1 N–H and O–H groups in total. The highest BCUT2D eigenvalue weighted by Gasteiger charge is 2.36. The van der Waals surface area contributed by atoms with Crippen LogP contribution in [-0.2, 0) is 6.18 Å². The van der Waals surface area contributed by atoms with Crippen LogP contribution in [0.25, 0.3) is 22.4 Å². The molecule has 0 unspecified atom stereocenters. The highest BCUT2D eigenvalue weighted by atomic mass is 19.4. The average Bonchev–Trinajstić information content (AvgIpc) is 2.81. The number of rotatable bonds is 1. The maximum absolute atomic E-state index is 13.3. The zero-order valence-electron chi connectivity index (χ0n) is 10.7. The smallest absolute Gasteiger partial charge is 0.338 e. The molecule has 0 saturated carbocycles. The minimum absolute atomic E-state index is 0.0494. The van der Waals surface area contributed by atoms with Gasteiger partial charge in [-0.05, 0) is 24.6 Å². The van der Waals surface area contributed by atoms with E-state index in [2.05, 4.69) is 19.9 Å². The van der Waals surface area contributed by atoms with E-state index in [9.17, 15) is 17.6 Å². The van der Waals surface area contributed by atoms with Gasteiger partial charge in [0.1, 0.15) is 18.0 Å². The topological polar surface area (TPSA) is 54.5 Å². The Balaban J connectivity index is 2.25. The summed E-state index contributed by atoms with van der Waals surface area (Å²) in [6.07, 6.45) is -2.78. The number of halogens is 4. The lowest BCUT2D eigenvalue weighted by Gasteiger charge is -2.08. The number of imidazole rings is 1. The summed E-state index contributed by atoms with van der Waals surface area (Å²) in [5.41, 5.74) is -0.114. The van der Waals surface area contributed by atoms with E-state index in [4.69, 9.17) is 0 Å². The van der Waals surface area contributed by atoms with Crippen molar-refractivity contribution in [3.05, 3.63) is 41.7 Å². The van der Waals surface area contributed by atoms with Crippen LogP contribution < -0.4 is 0 Å². The van der Waals surface area contributed by atoms with Crippen LogP contribution >= 0.6 is 0 Å². The second-order valence-corrected chi connectivity index (χ2v) is 4.49. The van der Waals surface area contributed by atoms with Crippen molar-refractivity contribution in [1.82, 2.24) is 19.9 Å². The van der Waals surface area contributed by atoms with Gasteiger partial charge in [0, 0.05) is 6.20 Å². The van der Waals surface area contributed by atoms with Gasteiger partial charge in [0.05, 0.1) is 16.6 Å². The molecule has 8 heteroatoms. The number of aromatic nitrogens is 4. The summed E-state index contributed by atoms with van der Waals surface area (Å²) in [7, 11) is 0. The molecule has 0 saturated heterocycles. The van der Waals surface area contributed by atoms with E-state index < -0.39 is 17.7 Å². The summed E-state index contributed by atoms with van der Waals surface area (Å²) in [5.74, 6) is -0.540. The summed E-state index contributed by atoms with van der Waals surface area (Å²) in [6.45, 7) is 1.63. The first-order valence-corrected chi connectivity index (χ1v) is 5.89. The number of benzene rings is 1. The Hall–Kier alpha value is -2.51. The minimum atomic E-state index is -4.63. The number of hydrogen-bond acceptors (Lipinski definition) is 3. The molecule has 2 heterocycles. The monoisotopic (exact) mass is 296 g/mol. The van der Waals surface area contributed by atoms with Gasteiger partial charge in [0.15, 0.2) is 5.69 Å². The Bertz CT molecular complexity index is 823. The van der Waals surface area contributed by atoms with E-state index in [-0.39, 0.29) is 11.4 Å². The van der Waals surface area contributed by atoms with E-state index in [1.165, 1.54) is 12.1 Å².